The van der Waals surface area contributed by atoms with Crippen LogP contribution in [0.4, 0.5) is 0 Å². The largest absolute Gasteiger partial charge is 0.494 e. The van der Waals surface area contributed by atoms with Gasteiger partial charge in [0.05, 0.1) is 18.8 Å². The Kier molecular flexibility index (Phi) is 6.10. The molecular weight excluding hydrogens is 220 g/mol. The molecule has 0 saturated carbocycles. The van der Waals surface area contributed by atoms with Crippen LogP contribution in [-0.2, 0) is 9.78 Å². The number of carbonyl (C=O) groups is 1. The average molecular weight is 238 g/mol. The molecule has 0 aliphatic heterocycles. The fraction of sp³-hybridized carbons (Fsp3) is 0.462. The molecule has 4 heteroatoms. The molecular formula is C13H18O4. The van der Waals surface area contributed by atoms with Crippen LogP contribution in [0, 0.1) is 0 Å². The van der Waals surface area contributed by atoms with Crippen molar-refractivity contribution in [2.24, 2.45) is 0 Å². The summed E-state index contributed by atoms with van der Waals surface area (Å²) in [6, 6.07) is 6.81. The third kappa shape index (κ3) is 4.87. The third-order valence-electron chi connectivity index (χ3n) is 2.11. The monoisotopic (exact) mass is 238 g/mol. The van der Waals surface area contributed by atoms with Gasteiger partial charge in [0.1, 0.15) is 5.75 Å². The van der Waals surface area contributed by atoms with Crippen LogP contribution in [0.2, 0.25) is 0 Å². The Morgan fingerprint density at radius 1 is 1.18 bits per heavy atom. The molecule has 0 radical (unpaired) electrons. The van der Waals surface area contributed by atoms with Crippen molar-refractivity contribution < 1.29 is 19.3 Å². The quantitative estimate of drug-likeness (QED) is 0.416. The van der Waals surface area contributed by atoms with Gasteiger partial charge in [-0.15, -0.1) is 0 Å². The molecule has 0 amide bonds. The number of ether oxygens (including phenoxy) is 1. The normalized spacial score (nSPS) is 10.0. The molecule has 0 bridgehead atoms. The van der Waals surface area contributed by atoms with Gasteiger partial charge in [-0.3, -0.25) is 4.89 Å². The summed E-state index contributed by atoms with van der Waals surface area (Å²) in [4.78, 5) is 20.5. The molecule has 1 aromatic rings. The van der Waals surface area contributed by atoms with Crippen LogP contribution in [0.5, 0.6) is 5.75 Å². The minimum absolute atomic E-state index is 0.337. The maximum atomic E-state index is 11.4. The van der Waals surface area contributed by atoms with Crippen LogP contribution < -0.4 is 4.74 Å². The fourth-order valence-electron chi connectivity index (χ4n) is 1.18. The molecule has 0 unspecified atom stereocenters. The highest BCUT2D eigenvalue weighted by Crippen LogP contribution is 2.13. The van der Waals surface area contributed by atoms with Crippen LogP contribution in [0.3, 0.4) is 0 Å². The molecule has 94 valence electrons. The molecule has 0 saturated heterocycles. The van der Waals surface area contributed by atoms with E-state index in [1.807, 2.05) is 0 Å². The fourth-order valence-corrected chi connectivity index (χ4v) is 1.18. The van der Waals surface area contributed by atoms with Crippen molar-refractivity contribution in [2.45, 2.75) is 26.7 Å². The van der Waals surface area contributed by atoms with E-state index in [9.17, 15) is 4.79 Å². The second-order valence-corrected chi connectivity index (χ2v) is 3.50. The van der Waals surface area contributed by atoms with E-state index < -0.39 is 5.97 Å². The summed E-state index contributed by atoms with van der Waals surface area (Å²) in [6.07, 6.45) is 2.12. The zero-order valence-corrected chi connectivity index (χ0v) is 10.3. The lowest BCUT2D eigenvalue weighted by molar-refractivity contribution is -0.236. The van der Waals surface area contributed by atoms with Gasteiger partial charge in [0.2, 0.25) is 0 Å². The molecule has 17 heavy (non-hydrogen) atoms. The Balaban J connectivity index is 2.46. The Bertz CT molecular complexity index is 332. The van der Waals surface area contributed by atoms with E-state index >= 15 is 0 Å². The summed E-state index contributed by atoms with van der Waals surface area (Å²) in [5, 5.41) is 0. The zero-order chi connectivity index (χ0) is 12.5. The second-order valence-electron chi connectivity index (χ2n) is 3.50. The number of carbonyl (C=O) groups excluding carboxylic acids is 1. The number of rotatable bonds is 7. The van der Waals surface area contributed by atoms with Gasteiger partial charge in [-0.05, 0) is 37.6 Å². The lowest BCUT2D eigenvalue weighted by Gasteiger charge is -2.06. The number of hydrogen-bond donors (Lipinski definition) is 0. The van der Waals surface area contributed by atoms with Crippen LogP contribution in [0.25, 0.3) is 0 Å². The molecule has 0 atom stereocenters. The van der Waals surface area contributed by atoms with E-state index in [2.05, 4.69) is 16.7 Å². The Hall–Kier alpha value is -1.55. The van der Waals surface area contributed by atoms with Crippen molar-refractivity contribution in [1.29, 1.82) is 0 Å². The molecule has 0 aromatic heterocycles. The summed E-state index contributed by atoms with van der Waals surface area (Å²) < 4.78 is 5.48. The molecule has 0 heterocycles. The van der Waals surface area contributed by atoms with Crippen molar-refractivity contribution in [2.75, 3.05) is 13.2 Å². The van der Waals surface area contributed by atoms with E-state index in [0.717, 1.165) is 18.6 Å². The minimum atomic E-state index is -0.494. The number of hydrogen-bond acceptors (Lipinski definition) is 4. The van der Waals surface area contributed by atoms with Crippen LogP contribution in [-0.4, -0.2) is 19.2 Å². The lowest BCUT2D eigenvalue weighted by atomic mass is 10.2. The number of unbranched alkanes of at least 4 members (excludes halogenated alkanes) is 1. The van der Waals surface area contributed by atoms with Gasteiger partial charge in [-0.1, -0.05) is 13.3 Å². The first kappa shape index (κ1) is 13.5. The highest BCUT2D eigenvalue weighted by atomic mass is 17.2. The first-order valence-corrected chi connectivity index (χ1v) is 5.84. The van der Waals surface area contributed by atoms with Crippen molar-refractivity contribution in [3.05, 3.63) is 29.8 Å². The molecule has 0 aliphatic carbocycles. The highest BCUT2D eigenvalue weighted by molar-refractivity contribution is 5.89. The van der Waals surface area contributed by atoms with Gasteiger partial charge in [0.15, 0.2) is 0 Å². The molecule has 0 spiro atoms. The number of benzene rings is 1. The van der Waals surface area contributed by atoms with Gasteiger partial charge in [-0.2, -0.15) is 4.89 Å². The van der Waals surface area contributed by atoms with Gasteiger partial charge < -0.3 is 4.74 Å². The third-order valence-corrected chi connectivity index (χ3v) is 2.11. The van der Waals surface area contributed by atoms with Crippen molar-refractivity contribution in [1.82, 2.24) is 0 Å². The molecule has 4 nitrogen and oxygen atoms in total. The summed E-state index contributed by atoms with van der Waals surface area (Å²) in [5.74, 6) is 0.262. The van der Waals surface area contributed by atoms with Gasteiger partial charge >= 0.3 is 5.97 Å². The summed E-state index contributed by atoms with van der Waals surface area (Å²) in [6.45, 7) is 4.89. The summed E-state index contributed by atoms with van der Waals surface area (Å²) in [5.41, 5.74) is 0.446. The minimum Gasteiger partial charge on any atom is -0.494 e. The molecule has 0 N–H and O–H groups in total. The van der Waals surface area contributed by atoms with Crippen LogP contribution in [0.1, 0.15) is 37.0 Å². The summed E-state index contributed by atoms with van der Waals surface area (Å²) in [7, 11) is 0. The smallest absolute Gasteiger partial charge is 0.373 e. The maximum Gasteiger partial charge on any atom is 0.373 e. The van der Waals surface area contributed by atoms with E-state index in [-0.39, 0.29) is 0 Å². The van der Waals surface area contributed by atoms with E-state index in [4.69, 9.17) is 4.74 Å². The topological polar surface area (TPSA) is 44.8 Å². The van der Waals surface area contributed by atoms with Gasteiger partial charge in [0.25, 0.3) is 0 Å². The standard InChI is InChI=1S/C13H18O4/c1-3-5-10-15-12-8-6-11(7-9-12)13(14)17-16-4-2/h6-9H,3-5,10H2,1-2H3. The SMILES string of the molecule is CCCCOc1ccc(C(=O)OOCC)cc1. The van der Waals surface area contributed by atoms with Crippen LogP contribution in [0.15, 0.2) is 24.3 Å². The first-order chi connectivity index (χ1) is 8.27. The Labute approximate surface area is 101 Å². The Morgan fingerprint density at radius 3 is 2.47 bits per heavy atom. The zero-order valence-electron chi connectivity index (χ0n) is 10.3. The molecule has 0 fully saturated rings. The Morgan fingerprint density at radius 2 is 1.88 bits per heavy atom. The van der Waals surface area contributed by atoms with Crippen molar-refractivity contribution in [3.63, 3.8) is 0 Å². The van der Waals surface area contributed by atoms with Crippen LogP contribution >= 0.6 is 0 Å². The molecule has 1 rings (SSSR count). The first-order valence-electron chi connectivity index (χ1n) is 5.84. The maximum absolute atomic E-state index is 11.4. The summed E-state index contributed by atoms with van der Waals surface area (Å²) >= 11 is 0. The lowest BCUT2D eigenvalue weighted by Crippen LogP contribution is -2.05. The predicted molar refractivity (Wildman–Crippen MR) is 63.9 cm³/mol. The van der Waals surface area contributed by atoms with E-state index in [0.29, 0.717) is 18.8 Å². The predicted octanol–water partition coefficient (Wildman–Crippen LogP) is 2.97. The molecule has 1 aromatic carbocycles. The van der Waals surface area contributed by atoms with Crippen molar-refractivity contribution in [3.8, 4) is 5.75 Å². The average Bonchev–Trinajstić information content (AvgIpc) is 2.37. The van der Waals surface area contributed by atoms with Gasteiger partial charge in [-0.25, -0.2) is 4.79 Å². The molecule has 0 aliphatic rings. The highest BCUT2D eigenvalue weighted by Gasteiger charge is 2.07. The van der Waals surface area contributed by atoms with E-state index in [1.54, 1.807) is 31.2 Å². The van der Waals surface area contributed by atoms with Gasteiger partial charge in [0, 0.05) is 0 Å². The van der Waals surface area contributed by atoms with E-state index in [1.165, 1.54) is 0 Å². The second kappa shape index (κ2) is 7.68. The van der Waals surface area contributed by atoms with Crippen molar-refractivity contribution >= 4 is 5.97 Å².